The van der Waals surface area contributed by atoms with Gasteiger partial charge in [-0.25, -0.2) is 4.37 Å². The van der Waals surface area contributed by atoms with Crippen LogP contribution in [0.1, 0.15) is 37.0 Å². The minimum atomic E-state index is 0.753. The Morgan fingerprint density at radius 3 is 3.07 bits per heavy atom. The van der Waals surface area contributed by atoms with Gasteiger partial charge >= 0.3 is 0 Å². The molecule has 1 aliphatic carbocycles. The van der Waals surface area contributed by atoms with Crippen molar-refractivity contribution in [1.29, 1.82) is 0 Å². The average molecular weight is 274 g/mol. The van der Waals surface area contributed by atoms with Gasteiger partial charge in [0.15, 0.2) is 0 Å². The number of rotatable bonds is 2. The molecule has 14 heavy (non-hydrogen) atoms. The van der Waals surface area contributed by atoms with Gasteiger partial charge < -0.3 is 0 Å². The molecule has 1 aromatic heterocycles. The maximum absolute atomic E-state index is 4.16. The van der Waals surface area contributed by atoms with Gasteiger partial charge in [0.2, 0.25) is 0 Å². The Hall–Kier alpha value is 0.110. The summed E-state index contributed by atoms with van der Waals surface area (Å²) in [5.74, 6) is 0.877. The van der Waals surface area contributed by atoms with E-state index in [4.69, 9.17) is 0 Å². The SMILES string of the molecule is BrC1CCCCC(Cc2ccns2)C1. The molecule has 1 aliphatic rings. The molecular weight excluding hydrogens is 258 g/mol. The number of alkyl halides is 1. The fourth-order valence-electron chi connectivity index (χ4n) is 2.21. The average Bonchev–Trinajstić information content (AvgIpc) is 2.56. The molecule has 0 radical (unpaired) electrons. The summed E-state index contributed by atoms with van der Waals surface area (Å²) in [7, 11) is 0. The molecule has 3 heteroatoms. The summed E-state index contributed by atoms with van der Waals surface area (Å²) in [6.07, 6.45) is 10.1. The summed E-state index contributed by atoms with van der Waals surface area (Å²) < 4.78 is 4.16. The third-order valence-corrected chi connectivity index (χ3v) is 4.55. The van der Waals surface area contributed by atoms with Crippen LogP contribution in [-0.2, 0) is 6.42 Å². The highest BCUT2D eigenvalue weighted by molar-refractivity contribution is 9.09. The van der Waals surface area contributed by atoms with Crippen molar-refractivity contribution in [2.75, 3.05) is 0 Å². The predicted molar refractivity (Wildman–Crippen MR) is 65.1 cm³/mol. The molecule has 2 rings (SSSR count). The van der Waals surface area contributed by atoms with E-state index in [1.54, 1.807) is 11.5 Å². The van der Waals surface area contributed by atoms with Crippen molar-refractivity contribution in [1.82, 2.24) is 4.37 Å². The summed E-state index contributed by atoms with van der Waals surface area (Å²) in [4.78, 5) is 2.21. The molecule has 1 nitrogen and oxygen atoms in total. The monoisotopic (exact) mass is 273 g/mol. The van der Waals surface area contributed by atoms with Crippen molar-refractivity contribution < 1.29 is 0 Å². The standard InChI is InChI=1S/C11H16BrNS/c12-10-4-2-1-3-9(7-10)8-11-5-6-13-14-11/h5-6,9-10H,1-4,7-8H2. The number of aromatic nitrogens is 1. The molecule has 1 fully saturated rings. The van der Waals surface area contributed by atoms with Crippen molar-refractivity contribution in [2.24, 2.45) is 5.92 Å². The second-order valence-corrected chi connectivity index (χ2v) is 6.38. The van der Waals surface area contributed by atoms with E-state index in [0.29, 0.717) is 0 Å². The Morgan fingerprint density at radius 1 is 1.43 bits per heavy atom. The van der Waals surface area contributed by atoms with Crippen LogP contribution in [0.3, 0.4) is 0 Å². The lowest BCUT2D eigenvalue weighted by Gasteiger charge is -2.14. The summed E-state index contributed by atoms with van der Waals surface area (Å²) in [6.45, 7) is 0. The third-order valence-electron chi connectivity index (χ3n) is 2.95. The molecule has 0 amide bonds. The van der Waals surface area contributed by atoms with Crippen molar-refractivity contribution in [2.45, 2.75) is 43.4 Å². The van der Waals surface area contributed by atoms with Crippen molar-refractivity contribution in [3.63, 3.8) is 0 Å². The lowest BCUT2D eigenvalue weighted by atomic mass is 9.96. The highest BCUT2D eigenvalue weighted by atomic mass is 79.9. The maximum Gasteiger partial charge on any atom is 0.0409 e. The quantitative estimate of drug-likeness (QED) is 0.586. The maximum atomic E-state index is 4.16. The first-order chi connectivity index (χ1) is 6.84. The lowest BCUT2D eigenvalue weighted by molar-refractivity contribution is 0.467. The molecule has 1 heterocycles. The van der Waals surface area contributed by atoms with Crippen LogP contribution in [0.2, 0.25) is 0 Å². The molecule has 1 saturated carbocycles. The first-order valence-corrected chi connectivity index (χ1v) is 7.07. The highest BCUT2D eigenvalue weighted by Crippen LogP contribution is 2.30. The van der Waals surface area contributed by atoms with Crippen LogP contribution in [0.4, 0.5) is 0 Å². The van der Waals surface area contributed by atoms with Crippen LogP contribution >= 0.6 is 27.5 Å². The number of nitrogens with zero attached hydrogens (tertiary/aromatic N) is 1. The summed E-state index contributed by atoms with van der Waals surface area (Å²) >= 11 is 5.43. The summed E-state index contributed by atoms with van der Waals surface area (Å²) in [5, 5.41) is 0. The number of hydrogen-bond acceptors (Lipinski definition) is 2. The van der Waals surface area contributed by atoms with E-state index < -0.39 is 0 Å². The van der Waals surface area contributed by atoms with Crippen molar-refractivity contribution >= 4 is 27.5 Å². The number of hydrogen-bond donors (Lipinski definition) is 0. The van der Waals surface area contributed by atoms with Gasteiger partial charge in [0.25, 0.3) is 0 Å². The molecule has 2 atom stereocenters. The summed E-state index contributed by atoms with van der Waals surface area (Å²) in [5.41, 5.74) is 0. The molecule has 0 saturated heterocycles. The van der Waals surface area contributed by atoms with Gasteiger partial charge in [0, 0.05) is 15.9 Å². The zero-order chi connectivity index (χ0) is 9.80. The van der Waals surface area contributed by atoms with Gasteiger partial charge in [-0.05, 0) is 42.8 Å². The Labute approximate surface area is 98.2 Å². The van der Waals surface area contributed by atoms with E-state index in [-0.39, 0.29) is 0 Å². The minimum Gasteiger partial charge on any atom is -0.201 e. The first kappa shape index (κ1) is 10.6. The van der Waals surface area contributed by atoms with Crippen molar-refractivity contribution in [3.8, 4) is 0 Å². The van der Waals surface area contributed by atoms with E-state index >= 15 is 0 Å². The zero-order valence-corrected chi connectivity index (χ0v) is 10.7. The smallest absolute Gasteiger partial charge is 0.0409 e. The fourth-order valence-corrected chi connectivity index (χ4v) is 3.76. The first-order valence-electron chi connectivity index (χ1n) is 5.38. The summed E-state index contributed by atoms with van der Waals surface area (Å²) in [6, 6.07) is 2.17. The molecule has 0 N–H and O–H groups in total. The van der Waals surface area contributed by atoms with E-state index in [2.05, 4.69) is 26.4 Å². The zero-order valence-electron chi connectivity index (χ0n) is 8.29. The largest absolute Gasteiger partial charge is 0.201 e. The van der Waals surface area contributed by atoms with Gasteiger partial charge in [-0.3, -0.25) is 0 Å². The van der Waals surface area contributed by atoms with Crippen LogP contribution in [0.5, 0.6) is 0 Å². The van der Waals surface area contributed by atoms with Gasteiger partial charge in [0.05, 0.1) is 0 Å². The Kier molecular flexibility index (Phi) is 3.99. The van der Waals surface area contributed by atoms with E-state index in [1.807, 2.05) is 6.20 Å². The van der Waals surface area contributed by atoms with Crippen LogP contribution < -0.4 is 0 Å². The minimum absolute atomic E-state index is 0.753. The van der Waals surface area contributed by atoms with Gasteiger partial charge in [0.1, 0.15) is 0 Å². The number of halogens is 1. The predicted octanol–water partition coefficient (Wildman–Crippen LogP) is 4.03. The second-order valence-electron chi connectivity index (χ2n) is 4.17. The Bertz CT molecular complexity index is 260. The second kappa shape index (κ2) is 5.26. The Balaban J connectivity index is 1.90. The molecule has 0 bridgehead atoms. The fraction of sp³-hybridized carbons (Fsp3) is 0.727. The van der Waals surface area contributed by atoms with Crippen LogP contribution in [-0.4, -0.2) is 9.20 Å². The molecule has 0 aromatic carbocycles. The lowest BCUT2D eigenvalue weighted by Crippen LogP contribution is -2.07. The molecular formula is C11H16BrNS. The van der Waals surface area contributed by atoms with Crippen LogP contribution in [0.25, 0.3) is 0 Å². The van der Waals surface area contributed by atoms with Crippen LogP contribution in [0, 0.1) is 5.92 Å². The van der Waals surface area contributed by atoms with E-state index in [9.17, 15) is 0 Å². The van der Waals surface area contributed by atoms with E-state index in [1.165, 1.54) is 43.4 Å². The molecule has 1 aromatic rings. The topological polar surface area (TPSA) is 12.9 Å². The van der Waals surface area contributed by atoms with Gasteiger partial charge in [-0.15, -0.1) is 0 Å². The molecule has 0 aliphatic heterocycles. The molecule has 0 spiro atoms. The third kappa shape index (κ3) is 3.06. The normalized spacial score (nSPS) is 28.6. The van der Waals surface area contributed by atoms with Gasteiger partial charge in [-0.2, -0.15) is 0 Å². The van der Waals surface area contributed by atoms with Crippen molar-refractivity contribution in [3.05, 3.63) is 17.1 Å². The Morgan fingerprint density at radius 2 is 2.29 bits per heavy atom. The molecule has 78 valence electrons. The highest BCUT2D eigenvalue weighted by Gasteiger charge is 2.18. The van der Waals surface area contributed by atoms with Crippen LogP contribution in [0.15, 0.2) is 12.3 Å². The molecule has 2 unspecified atom stereocenters. The van der Waals surface area contributed by atoms with E-state index in [0.717, 1.165) is 10.7 Å². The van der Waals surface area contributed by atoms with Gasteiger partial charge in [-0.1, -0.05) is 35.2 Å².